The molecule has 28 heavy (non-hydrogen) atoms. The van der Waals surface area contributed by atoms with E-state index in [-0.39, 0.29) is 36.6 Å². The van der Waals surface area contributed by atoms with E-state index in [9.17, 15) is 14.4 Å². The normalized spacial score (nSPS) is 17.0. The van der Waals surface area contributed by atoms with Crippen molar-refractivity contribution in [3.8, 4) is 0 Å². The number of para-hydroxylation sites is 1. The van der Waals surface area contributed by atoms with Gasteiger partial charge in [0.25, 0.3) is 5.91 Å². The molecule has 1 heterocycles. The molecule has 6 heteroatoms. The fraction of sp³-hybridized carbons (Fsp3) is 0.318. The molecule has 0 aliphatic carbocycles. The SMILES string of the molecule is C[C@@H](CCc1ccccc1)NC(=O)CC[C@H]1NC(=O)c2ccccc2NC1=O. The molecule has 2 atom stereocenters. The Hall–Kier alpha value is -3.15. The summed E-state index contributed by atoms with van der Waals surface area (Å²) >= 11 is 0. The summed E-state index contributed by atoms with van der Waals surface area (Å²) in [5.41, 5.74) is 2.16. The van der Waals surface area contributed by atoms with Crippen molar-refractivity contribution in [1.82, 2.24) is 10.6 Å². The second kappa shape index (κ2) is 9.17. The minimum absolute atomic E-state index is 0.0366. The van der Waals surface area contributed by atoms with Gasteiger partial charge in [0.05, 0.1) is 11.3 Å². The fourth-order valence-electron chi connectivity index (χ4n) is 3.24. The van der Waals surface area contributed by atoms with Crippen LogP contribution in [-0.4, -0.2) is 29.8 Å². The lowest BCUT2D eigenvalue weighted by molar-refractivity contribution is -0.122. The topological polar surface area (TPSA) is 87.3 Å². The van der Waals surface area contributed by atoms with Crippen molar-refractivity contribution >= 4 is 23.4 Å². The summed E-state index contributed by atoms with van der Waals surface area (Å²) in [6, 6.07) is 16.3. The maximum Gasteiger partial charge on any atom is 0.254 e. The summed E-state index contributed by atoms with van der Waals surface area (Å²) in [7, 11) is 0. The Morgan fingerprint density at radius 3 is 2.57 bits per heavy atom. The lowest BCUT2D eigenvalue weighted by Gasteiger charge is -2.17. The van der Waals surface area contributed by atoms with E-state index in [2.05, 4.69) is 28.1 Å². The van der Waals surface area contributed by atoms with Crippen LogP contribution in [0.1, 0.15) is 42.1 Å². The lowest BCUT2D eigenvalue weighted by atomic mass is 10.1. The van der Waals surface area contributed by atoms with Crippen LogP contribution in [0, 0.1) is 0 Å². The van der Waals surface area contributed by atoms with Crippen LogP contribution in [-0.2, 0) is 16.0 Å². The van der Waals surface area contributed by atoms with Gasteiger partial charge in [0.2, 0.25) is 11.8 Å². The smallest absolute Gasteiger partial charge is 0.254 e. The van der Waals surface area contributed by atoms with E-state index in [1.807, 2.05) is 25.1 Å². The standard InChI is InChI=1S/C22H25N3O3/c1-15(11-12-16-7-3-2-4-8-16)23-20(26)14-13-19-22(28)24-18-10-6-5-9-17(18)21(27)25-19/h2-10,15,19H,11-14H2,1H3,(H,23,26)(H,24,28)(H,25,27)/t15-,19+/m0/s1. The first kappa shape index (κ1) is 19.6. The first-order chi connectivity index (χ1) is 13.5. The average molecular weight is 379 g/mol. The molecule has 2 aromatic carbocycles. The molecule has 2 aromatic rings. The van der Waals surface area contributed by atoms with Crippen LogP contribution in [0.2, 0.25) is 0 Å². The number of rotatable bonds is 7. The van der Waals surface area contributed by atoms with Gasteiger partial charge in [-0.05, 0) is 43.9 Å². The van der Waals surface area contributed by atoms with Gasteiger partial charge in [0.15, 0.2) is 0 Å². The molecule has 3 N–H and O–H groups in total. The minimum Gasteiger partial charge on any atom is -0.354 e. The Morgan fingerprint density at radius 1 is 1.07 bits per heavy atom. The molecule has 0 saturated heterocycles. The predicted octanol–water partition coefficient (Wildman–Crippen LogP) is 2.65. The Labute approximate surface area is 164 Å². The number of benzene rings is 2. The second-order valence-corrected chi connectivity index (χ2v) is 7.09. The Kier molecular flexibility index (Phi) is 6.42. The van der Waals surface area contributed by atoms with Crippen molar-refractivity contribution in [2.45, 2.75) is 44.7 Å². The quantitative estimate of drug-likeness (QED) is 0.691. The summed E-state index contributed by atoms with van der Waals surface area (Å²) in [4.78, 5) is 36.9. The van der Waals surface area contributed by atoms with Crippen molar-refractivity contribution in [2.75, 3.05) is 5.32 Å². The van der Waals surface area contributed by atoms with Crippen molar-refractivity contribution < 1.29 is 14.4 Å². The van der Waals surface area contributed by atoms with Crippen LogP contribution in [0.25, 0.3) is 0 Å². The monoisotopic (exact) mass is 379 g/mol. The highest BCUT2D eigenvalue weighted by atomic mass is 16.2. The van der Waals surface area contributed by atoms with Crippen molar-refractivity contribution in [1.29, 1.82) is 0 Å². The lowest BCUT2D eigenvalue weighted by Crippen LogP contribution is -2.42. The molecule has 0 aromatic heterocycles. The van der Waals surface area contributed by atoms with E-state index < -0.39 is 6.04 Å². The molecule has 146 valence electrons. The Morgan fingerprint density at radius 2 is 1.79 bits per heavy atom. The first-order valence-corrected chi connectivity index (χ1v) is 9.57. The van der Waals surface area contributed by atoms with Gasteiger partial charge in [0.1, 0.15) is 6.04 Å². The van der Waals surface area contributed by atoms with Crippen molar-refractivity contribution in [3.63, 3.8) is 0 Å². The van der Waals surface area contributed by atoms with Gasteiger partial charge in [-0.25, -0.2) is 0 Å². The first-order valence-electron chi connectivity index (χ1n) is 9.57. The molecule has 0 bridgehead atoms. The van der Waals surface area contributed by atoms with Gasteiger partial charge >= 0.3 is 0 Å². The van der Waals surface area contributed by atoms with Gasteiger partial charge in [-0.1, -0.05) is 42.5 Å². The molecule has 0 radical (unpaired) electrons. The van der Waals surface area contributed by atoms with Crippen LogP contribution in [0.5, 0.6) is 0 Å². The number of hydrogen-bond acceptors (Lipinski definition) is 3. The van der Waals surface area contributed by atoms with E-state index in [4.69, 9.17) is 0 Å². The van der Waals surface area contributed by atoms with Gasteiger partial charge in [-0.15, -0.1) is 0 Å². The third-order valence-corrected chi connectivity index (χ3v) is 4.83. The zero-order valence-electron chi connectivity index (χ0n) is 15.9. The molecule has 0 saturated carbocycles. The number of anilines is 1. The van der Waals surface area contributed by atoms with Crippen molar-refractivity contribution in [2.24, 2.45) is 0 Å². The summed E-state index contributed by atoms with van der Waals surface area (Å²) in [6.45, 7) is 1.97. The zero-order valence-corrected chi connectivity index (χ0v) is 15.9. The fourth-order valence-corrected chi connectivity index (χ4v) is 3.24. The second-order valence-electron chi connectivity index (χ2n) is 7.09. The highest BCUT2D eigenvalue weighted by Crippen LogP contribution is 2.19. The molecule has 6 nitrogen and oxygen atoms in total. The number of aryl methyl sites for hydroxylation is 1. The number of hydrogen-bond donors (Lipinski definition) is 3. The maximum atomic E-state index is 12.4. The number of carbonyl (C=O) groups excluding carboxylic acids is 3. The molecule has 1 aliphatic rings. The molecule has 3 amide bonds. The Balaban J connectivity index is 1.46. The number of nitrogens with one attached hydrogen (secondary N) is 3. The number of amides is 3. The largest absolute Gasteiger partial charge is 0.354 e. The van der Waals surface area contributed by atoms with E-state index in [1.54, 1.807) is 24.3 Å². The number of carbonyl (C=O) groups is 3. The zero-order chi connectivity index (χ0) is 19.9. The molecule has 3 rings (SSSR count). The van der Waals surface area contributed by atoms with Gasteiger partial charge in [-0.2, -0.15) is 0 Å². The summed E-state index contributed by atoms with van der Waals surface area (Å²) < 4.78 is 0. The van der Waals surface area contributed by atoms with E-state index in [0.717, 1.165) is 12.8 Å². The third-order valence-electron chi connectivity index (χ3n) is 4.83. The van der Waals surface area contributed by atoms with Crippen LogP contribution in [0.15, 0.2) is 54.6 Å². The maximum absolute atomic E-state index is 12.4. The average Bonchev–Trinajstić information content (AvgIpc) is 2.82. The molecule has 1 aliphatic heterocycles. The molecule has 0 unspecified atom stereocenters. The van der Waals surface area contributed by atoms with Crippen LogP contribution >= 0.6 is 0 Å². The highest BCUT2D eigenvalue weighted by molar-refractivity contribution is 6.09. The molecule has 0 spiro atoms. The summed E-state index contributed by atoms with van der Waals surface area (Å²) in [5.74, 6) is -0.733. The summed E-state index contributed by atoms with van der Waals surface area (Å²) in [6.07, 6.45) is 2.15. The van der Waals surface area contributed by atoms with Crippen LogP contribution in [0.4, 0.5) is 5.69 Å². The highest BCUT2D eigenvalue weighted by Gasteiger charge is 2.27. The summed E-state index contributed by atoms with van der Waals surface area (Å²) in [5, 5.41) is 8.43. The van der Waals surface area contributed by atoms with Gasteiger partial charge in [0, 0.05) is 12.5 Å². The molecule has 0 fully saturated rings. The molecular weight excluding hydrogens is 354 g/mol. The number of fused-ring (bicyclic) bond motifs is 1. The van der Waals surface area contributed by atoms with Crippen LogP contribution in [0.3, 0.4) is 0 Å². The Bertz CT molecular complexity index is 851. The van der Waals surface area contributed by atoms with E-state index in [1.165, 1.54) is 5.56 Å². The van der Waals surface area contributed by atoms with E-state index in [0.29, 0.717) is 11.3 Å². The van der Waals surface area contributed by atoms with Gasteiger partial charge < -0.3 is 16.0 Å². The van der Waals surface area contributed by atoms with Crippen molar-refractivity contribution in [3.05, 3.63) is 65.7 Å². The van der Waals surface area contributed by atoms with E-state index >= 15 is 0 Å². The van der Waals surface area contributed by atoms with Crippen LogP contribution < -0.4 is 16.0 Å². The predicted molar refractivity (Wildman–Crippen MR) is 108 cm³/mol. The molecular formula is C22H25N3O3. The minimum atomic E-state index is -0.731. The van der Waals surface area contributed by atoms with Gasteiger partial charge in [-0.3, -0.25) is 14.4 Å². The third kappa shape index (κ3) is 5.19.